The van der Waals surface area contributed by atoms with E-state index in [4.69, 9.17) is 0 Å². The molecule has 3 aromatic rings. The summed E-state index contributed by atoms with van der Waals surface area (Å²) in [6, 6.07) is 6.04. The molecule has 0 unspecified atom stereocenters. The molecule has 4 rings (SSSR count). The van der Waals surface area contributed by atoms with E-state index in [1.165, 1.54) is 0 Å². The molecule has 2 heterocycles. The van der Waals surface area contributed by atoms with Crippen LogP contribution in [0.4, 0.5) is 35.1 Å². The highest BCUT2D eigenvalue weighted by Gasteiger charge is 2.31. The summed E-state index contributed by atoms with van der Waals surface area (Å²) >= 11 is 0. The van der Waals surface area contributed by atoms with Gasteiger partial charge in [-0.3, -0.25) is 14.3 Å². The van der Waals surface area contributed by atoms with Crippen LogP contribution in [0.1, 0.15) is 66.8 Å². The van der Waals surface area contributed by atoms with E-state index in [0.717, 1.165) is 18.7 Å². The summed E-state index contributed by atoms with van der Waals surface area (Å²) in [4.78, 5) is 31.0. The summed E-state index contributed by atoms with van der Waals surface area (Å²) < 4.78 is 99.2. The van der Waals surface area contributed by atoms with Crippen molar-refractivity contribution in [1.29, 1.82) is 0 Å². The van der Waals surface area contributed by atoms with Crippen LogP contribution in [0.3, 0.4) is 0 Å². The number of aromatic nitrogens is 4. The Morgan fingerprint density at radius 3 is 2.27 bits per heavy atom. The molecule has 16 heteroatoms. The van der Waals surface area contributed by atoms with Crippen LogP contribution in [0.2, 0.25) is 0 Å². The number of carbonyl (C=O) groups excluding carboxylic acids is 2. The van der Waals surface area contributed by atoms with E-state index in [2.05, 4.69) is 25.7 Å². The number of fused-ring (bicyclic) bond motifs is 1. The molecule has 0 spiro atoms. The van der Waals surface area contributed by atoms with Gasteiger partial charge in [-0.1, -0.05) is 12.5 Å². The number of carbonyl (C=O) groups is 2. The number of hydrogen-bond donors (Lipinski definition) is 3. The number of rotatable bonds is 8. The minimum Gasteiger partial charge on any atom is -0.352 e. The standard InChI is InChI=1S/C19H18F6N6O2.C6H10F2/c20-18(21,22)5-3-16(32)26-8-11-1-2-12-13(7-11)30-15(29-12)9-27-17(33)14-4-6-28-31(14)10-19(23,24)25;7-6(8)4-2-1-3-5-6/h1-2,4,6-7H,3,5,8-10H2,(H,26,32)(H,27,33)(H,29,30);1-5H2. The summed E-state index contributed by atoms with van der Waals surface area (Å²) in [6.45, 7) is -1.49. The molecule has 226 valence electrons. The lowest BCUT2D eigenvalue weighted by atomic mass is 9.97. The van der Waals surface area contributed by atoms with Crippen LogP contribution in [0, 0.1) is 0 Å². The molecule has 0 aliphatic heterocycles. The van der Waals surface area contributed by atoms with Gasteiger partial charge in [0, 0.05) is 32.0 Å². The largest absolute Gasteiger partial charge is 0.408 e. The number of halogens is 8. The maximum absolute atomic E-state index is 12.6. The van der Waals surface area contributed by atoms with Gasteiger partial charge in [0.15, 0.2) is 0 Å². The van der Waals surface area contributed by atoms with Gasteiger partial charge in [0.2, 0.25) is 11.8 Å². The number of amides is 2. The molecule has 0 saturated heterocycles. The van der Waals surface area contributed by atoms with Gasteiger partial charge in [0.1, 0.15) is 18.1 Å². The van der Waals surface area contributed by atoms with Gasteiger partial charge in [-0.15, -0.1) is 0 Å². The first kappa shape index (κ1) is 31.8. The van der Waals surface area contributed by atoms with Gasteiger partial charge >= 0.3 is 12.4 Å². The fourth-order valence-corrected chi connectivity index (χ4v) is 3.99. The zero-order valence-electron chi connectivity index (χ0n) is 21.6. The number of hydrogen-bond acceptors (Lipinski definition) is 4. The Hall–Kier alpha value is -3.72. The third-order valence-electron chi connectivity index (χ3n) is 6.00. The van der Waals surface area contributed by atoms with Crippen LogP contribution in [-0.4, -0.2) is 49.8 Å². The molecule has 0 atom stereocenters. The lowest BCUT2D eigenvalue weighted by Gasteiger charge is -2.20. The van der Waals surface area contributed by atoms with Gasteiger partial charge in [-0.25, -0.2) is 13.8 Å². The van der Waals surface area contributed by atoms with Crippen LogP contribution in [0.25, 0.3) is 11.0 Å². The van der Waals surface area contributed by atoms with Crippen molar-refractivity contribution in [1.82, 2.24) is 30.4 Å². The number of alkyl halides is 8. The molecule has 41 heavy (non-hydrogen) atoms. The first-order valence-electron chi connectivity index (χ1n) is 12.7. The Morgan fingerprint density at radius 1 is 0.951 bits per heavy atom. The molecule has 1 saturated carbocycles. The first-order valence-corrected chi connectivity index (χ1v) is 12.7. The Balaban J connectivity index is 0.000000496. The van der Waals surface area contributed by atoms with Crippen molar-refractivity contribution < 1.29 is 44.7 Å². The second kappa shape index (κ2) is 13.3. The zero-order chi connectivity index (χ0) is 30.3. The highest BCUT2D eigenvalue weighted by molar-refractivity contribution is 5.92. The Labute approximate surface area is 228 Å². The minimum absolute atomic E-state index is 0.0148. The van der Waals surface area contributed by atoms with E-state index in [0.29, 0.717) is 39.9 Å². The molecule has 1 aliphatic rings. The van der Waals surface area contributed by atoms with Gasteiger partial charge < -0.3 is 15.6 Å². The highest BCUT2D eigenvalue weighted by Crippen LogP contribution is 2.32. The monoisotopic (exact) mass is 596 g/mol. The van der Waals surface area contributed by atoms with Crippen molar-refractivity contribution in [2.45, 2.75) is 82.9 Å². The lowest BCUT2D eigenvalue weighted by Crippen LogP contribution is -2.29. The minimum atomic E-state index is -4.53. The van der Waals surface area contributed by atoms with Crippen molar-refractivity contribution in [2.75, 3.05) is 0 Å². The average molecular weight is 597 g/mol. The van der Waals surface area contributed by atoms with Gasteiger partial charge in [-0.05, 0) is 36.6 Å². The Bertz CT molecular complexity index is 1310. The fraction of sp³-hybridized carbons (Fsp3) is 0.520. The molecular weight excluding hydrogens is 568 g/mol. The molecule has 2 amide bonds. The second-order valence-electron chi connectivity index (χ2n) is 9.52. The maximum atomic E-state index is 12.6. The van der Waals surface area contributed by atoms with E-state index < -0.39 is 49.5 Å². The molecule has 2 aromatic heterocycles. The number of nitrogens with one attached hydrogen (secondary N) is 3. The van der Waals surface area contributed by atoms with E-state index in [1.54, 1.807) is 18.2 Å². The third-order valence-corrected chi connectivity index (χ3v) is 6.00. The molecule has 0 bridgehead atoms. The highest BCUT2D eigenvalue weighted by atomic mass is 19.4. The summed E-state index contributed by atoms with van der Waals surface area (Å²) in [6.07, 6.45) is -7.06. The van der Waals surface area contributed by atoms with Crippen LogP contribution in [0.15, 0.2) is 30.5 Å². The summed E-state index contributed by atoms with van der Waals surface area (Å²) in [5.41, 5.74) is 1.42. The van der Waals surface area contributed by atoms with Crippen LogP contribution in [-0.2, 0) is 24.4 Å². The molecule has 8 nitrogen and oxygen atoms in total. The van der Waals surface area contributed by atoms with Crippen molar-refractivity contribution in [2.24, 2.45) is 0 Å². The summed E-state index contributed by atoms with van der Waals surface area (Å²) in [5.74, 6) is -3.49. The first-order chi connectivity index (χ1) is 19.1. The number of aromatic amines is 1. The number of nitrogens with zero attached hydrogens (tertiary/aromatic N) is 3. The predicted octanol–water partition coefficient (Wildman–Crippen LogP) is 5.80. The van der Waals surface area contributed by atoms with Crippen molar-refractivity contribution >= 4 is 22.8 Å². The molecule has 1 aromatic carbocycles. The summed E-state index contributed by atoms with van der Waals surface area (Å²) in [5, 5.41) is 8.36. The lowest BCUT2D eigenvalue weighted by molar-refractivity contribution is -0.144. The average Bonchev–Trinajstić information content (AvgIpc) is 3.49. The van der Waals surface area contributed by atoms with Gasteiger partial charge in [0.25, 0.3) is 5.91 Å². The quantitative estimate of drug-likeness (QED) is 0.286. The molecule has 1 fully saturated rings. The summed E-state index contributed by atoms with van der Waals surface area (Å²) in [7, 11) is 0. The van der Waals surface area contributed by atoms with Crippen LogP contribution in [0.5, 0.6) is 0 Å². The molecule has 1 aliphatic carbocycles. The van der Waals surface area contributed by atoms with Crippen molar-refractivity contribution in [3.63, 3.8) is 0 Å². The Kier molecular flexibility index (Phi) is 10.3. The topological polar surface area (TPSA) is 105 Å². The molecular formula is C25H28F8N6O2. The van der Waals surface area contributed by atoms with E-state index >= 15 is 0 Å². The van der Waals surface area contributed by atoms with Gasteiger partial charge in [-0.2, -0.15) is 31.4 Å². The number of imidazole rings is 1. The smallest absolute Gasteiger partial charge is 0.352 e. The SMILES string of the molecule is FC1(F)CCCCC1.O=C(CCC(F)(F)F)NCc1ccc2nc(CNC(=O)c3ccnn3CC(F)(F)F)[nH]c2c1. The van der Waals surface area contributed by atoms with Crippen molar-refractivity contribution in [3.05, 3.63) is 47.5 Å². The number of benzene rings is 1. The van der Waals surface area contributed by atoms with E-state index in [9.17, 15) is 44.7 Å². The zero-order valence-corrected chi connectivity index (χ0v) is 21.6. The number of H-pyrrole nitrogens is 1. The molecule has 0 radical (unpaired) electrons. The third kappa shape index (κ3) is 11.0. The maximum Gasteiger partial charge on any atom is 0.408 e. The van der Waals surface area contributed by atoms with Crippen LogP contribution < -0.4 is 10.6 Å². The van der Waals surface area contributed by atoms with Crippen LogP contribution >= 0.6 is 0 Å². The van der Waals surface area contributed by atoms with Crippen molar-refractivity contribution in [3.8, 4) is 0 Å². The Morgan fingerprint density at radius 2 is 1.66 bits per heavy atom. The predicted molar refractivity (Wildman–Crippen MR) is 131 cm³/mol. The normalized spacial score (nSPS) is 15.2. The van der Waals surface area contributed by atoms with E-state index in [1.807, 2.05) is 0 Å². The molecule has 3 N–H and O–H groups in total. The van der Waals surface area contributed by atoms with E-state index in [-0.39, 0.29) is 31.6 Å². The second-order valence-corrected chi connectivity index (χ2v) is 9.52. The fourth-order valence-electron chi connectivity index (χ4n) is 3.99. The van der Waals surface area contributed by atoms with Gasteiger partial charge in [0.05, 0.1) is 24.0 Å².